The lowest BCUT2D eigenvalue weighted by molar-refractivity contribution is -0.325. The number of benzene rings is 1. The predicted molar refractivity (Wildman–Crippen MR) is 160 cm³/mol. The summed E-state index contributed by atoms with van der Waals surface area (Å²) in [5, 5.41) is 13.6. The molecule has 2 N–H and O–H groups in total. The quantitative estimate of drug-likeness (QED) is 0.180. The molecule has 1 fully saturated rings. The van der Waals surface area contributed by atoms with E-state index in [9.17, 15) is 27.5 Å². The van der Waals surface area contributed by atoms with Gasteiger partial charge in [-0.3, -0.25) is 19.3 Å². The smallest absolute Gasteiger partial charge is 0.493 e. The van der Waals surface area contributed by atoms with Gasteiger partial charge in [0.25, 0.3) is 0 Å². The summed E-state index contributed by atoms with van der Waals surface area (Å²) in [6.07, 6.45) is 1.33. The first kappa shape index (κ1) is 33.9. The minimum Gasteiger partial charge on any atom is -0.493 e. The van der Waals surface area contributed by atoms with E-state index in [1.165, 1.54) is 18.7 Å². The number of aryl methyl sites for hydroxylation is 2. The van der Waals surface area contributed by atoms with Crippen LogP contribution in [0.3, 0.4) is 0 Å². The van der Waals surface area contributed by atoms with E-state index in [0.29, 0.717) is 31.6 Å². The minimum absolute atomic E-state index is 0.0289. The Morgan fingerprint density at radius 3 is 2.70 bits per heavy atom. The molecule has 0 spiro atoms. The molecule has 2 atom stereocenters. The molecule has 44 heavy (non-hydrogen) atoms. The number of alkyl halides is 3. The number of carbonyl (C=O) groups is 1. The van der Waals surface area contributed by atoms with Crippen LogP contribution in [0, 0.1) is 5.82 Å². The van der Waals surface area contributed by atoms with Crippen molar-refractivity contribution in [3.05, 3.63) is 52.5 Å². The Bertz CT molecular complexity index is 1260. The fourth-order valence-electron chi connectivity index (χ4n) is 6.24. The molecule has 2 aromatic rings. The lowest BCUT2D eigenvalue weighted by Crippen LogP contribution is -2.42. The summed E-state index contributed by atoms with van der Waals surface area (Å²) in [7, 11) is 1.31. The Morgan fingerprint density at radius 1 is 1.20 bits per heavy atom. The van der Waals surface area contributed by atoms with E-state index in [4.69, 9.17) is 9.72 Å². The van der Waals surface area contributed by atoms with E-state index in [1.807, 2.05) is 18.7 Å². The zero-order valence-corrected chi connectivity index (χ0v) is 25.8. The number of nitrogens with one attached hydrogen (secondary N) is 1. The normalized spacial score (nSPS) is 18.0. The van der Waals surface area contributed by atoms with Crippen LogP contribution in [-0.4, -0.2) is 84.7 Å². The van der Waals surface area contributed by atoms with Gasteiger partial charge in [-0.05, 0) is 80.3 Å². The number of halogens is 4. The van der Waals surface area contributed by atoms with E-state index in [2.05, 4.69) is 22.2 Å². The maximum absolute atomic E-state index is 15.0. The molecule has 1 saturated heterocycles. The number of pyridine rings is 1. The number of carboxylic acid groups (broad SMARTS) is 1. The second-order valence-corrected chi connectivity index (χ2v) is 11.9. The van der Waals surface area contributed by atoms with Gasteiger partial charge in [0.2, 0.25) is 0 Å². The number of fused-ring (bicyclic) bond motifs is 1. The van der Waals surface area contributed by atoms with E-state index in [1.54, 1.807) is 11.0 Å². The number of ether oxygens (including phenoxy) is 2. The molecule has 0 saturated carbocycles. The highest BCUT2D eigenvalue weighted by molar-refractivity contribution is 5.77. The number of aromatic nitrogens is 1. The number of unbranched alkanes of at least 4 members (excludes halogenated alkanes) is 2. The van der Waals surface area contributed by atoms with Crippen molar-refractivity contribution >= 4 is 11.8 Å². The Balaban J connectivity index is 1.40. The Kier molecular flexibility index (Phi) is 11.8. The van der Waals surface area contributed by atoms with Crippen LogP contribution in [0.2, 0.25) is 0 Å². The largest absolute Gasteiger partial charge is 0.522 e. The molecule has 1 aromatic carbocycles. The number of methoxy groups -OCH3 is 1. The number of hydrogen-bond donors (Lipinski definition) is 2. The van der Waals surface area contributed by atoms with E-state index >= 15 is 0 Å². The van der Waals surface area contributed by atoms with Gasteiger partial charge < -0.3 is 15.2 Å². The lowest BCUT2D eigenvalue weighted by Gasteiger charge is -2.31. The van der Waals surface area contributed by atoms with Crippen LogP contribution >= 0.6 is 0 Å². The van der Waals surface area contributed by atoms with Gasteiger partial charge >= 0.3 is 12.3 Å². The highest BCUT2D eigenvalue weighted by Crippen LogP contribution is 2.37. The van der Waals surface area contributed by atoms with Crippen molar-refractivity contribution in [3.63, 3.8) is 0 Å². The number of likely N-dealkylation sites (tertiary alicyclic amines) is 1. The second kappa shape index (κ2) is 15.4. The molecule has 2 aliphatic rings. The predicted octanol–water partition coefficient (Wildman–Crippen LogP) is 6.16. The van der Waals surface area contributed by atoms with Gasteiger partial charge in [0.15, 0.2) is 11.6 Å². The van der Waals surface area contributed by atoms with Gasteiger partial charge in [-0.2, -0.15) is 0 Å². The van der Waals surface area contributed by atoms with Gasteiger partial charge in [-0.25, -0.2) is 9.37 Å². The number of anilines is 1. The average Bonchev–Trinajstić information content (AvgIpc) is 3.44. The minimum atomic E-state index is -4.72. The number of rotatable bonds is 15. The molecule has 3 heterocycles. The number of nitrogens with zero attached hydrogens (tertiary/aromatic N) is 3. The van der Waals surface area contributed by atoms with Crippen molar-refractivity contribution in [1.82, 2.24) is 14.8 Å². The van der Waals surface area contributed by atoms with Crippen LogP contribution in [0.25, 0.3) is 0 Å². The standard InChI is InChI=1S/C32H44F4N4O4/c1-21(2)23-18-26(29(43-3)27(33)19-23)28(31(41)42)40-15-12-25(20-40)39(16-17-44-32(34,35)36)14-6-4-5-9-24-11-10-22-8-7-13-37-30(22)38-24/h10-11,18-19,21,25,28H,4-9,12-17,20H2,1-3H3,(H,37,38)(H,41,42)/t25-,28?/m1/s1. The van der Waals surface area contributed by atoms with Crippen LogP contribution in [0.1, 0.15) is 80.3 Å². The maximum atomic E-state index is 15.0. The maximum Gasteiger partial charge on any atom is 0.522 e. The summed E-state index contributed by atoms with van der Waals surface area (Å²) in [4.78, 5) is 21.0. The topological polar surface area (TPSA) is 87.2 Å². The second-order valence-electron chi connectivity index (χ2n) is 11.9. The Morgan fingerprint density at radius 2 is 2.00 bits per heavy atom. The fraction of sp³-hybridized carbons (Fsp3) is 0.625. The molecule has 0 aliphatic carbocycles. The number of hydrogen-bond acceptors (Lipinski definition) is 7. The molecule has 1 aromatic heterocycles. The van der Waals surface area contributed by atoms with E-state index in [0.717, 1.165) is 56.6 Å². The zero-order chi connectivity index (χ0) is 31.9. The highest BCUT2D eigenvalue weighted by atomic mass is 19.4. The molecule has 12 heteroatoms. The summed E-state index contributed by atoms with van der Waals surface area (Å²) in [6, 6.07) is 5.91. The summed E-state index contributed by atoms with van der Waals surface area (Å²) in [5.41, 5.74) is 3.16. The molecule has 8 nitrogen and oxygen atoms in total. The van der Waals surface area contributed by atoms with Gasteiger partial charge in [0.1, 0.15) is 11.9 Å². The molecule has 0 amide bonds. The van der Waals surface area contributed by atoms with Crippen LogP contribution < -0.4 is 10.1 Å². The van der Waals surface area contributed by atoms with Gasteiger partial charge in [-0.15, -0.1) is 13.2 Å². The highest BCUT2D eigenvalue weighted by Gasteiger charge is 2.38. The van der Waals surface area contributed by atoms with Crippen LogP contribution in [0.15, 0.2) is 24.3 Å². The zero-order valence-electron chi connectivity index (χ0n) is 25.8. The first-order valence-electron chi connectivity index (χ1n) is 15.5. The number of carboxylic acids is 1. The third kappa shape index (κ3) is 9.04. The average molecular weight is 625 g/mol. The van der Waals surface area contributed by atoms with E-state index in [-0.39, 0.29) is 29.8 Å². The van der Waals surface area contributed by atoms with Crippen LogP contribution in [0.5, 0.6) is 5.75 Å². The molecule has 2 aliphatic heterocycles. The van der Waals surface area contributed by atoms with Crippen molar-refractivity contribution < 1.29 is 36.9 Å². The SMILES string of the molecule is COc1c(F)cc(C(C)C)cc1C(C(=O)O)N1CC[C@@H](N(CCCCCc2ccc3c(n2)NCCC3)CCOC(F)(F)F)C1. The van der Waals surface area contributed by atoms with Crippen LogP contribution in [0.4, 0.5) is 23.4 Å². The molecule has 0 radical (unpaired) electrons. The van der Waals surface area contributed by atoms with Crippen molar-refractivity contribution in [2.75, 3.05) is 51.8 Å². The molecule has 4 rings (SSSR count). The first-order valence-corrected chi connectivity index (χ1v) is 15.5. The van der Waals surface area contributed by atoms with Crippen molar-refractivity contribution in [3.8, 4) is 5.75 Å². The third-order valence-corrected chi connectivity index (χ3v) is 8.54. The summed E-state index contributed by atoms with van der Waals surface area (Å²) < 4.78 is 62.6. The Hall–Kier alpha value is -2.96. The molecule has 0 bridgehead atoms. The molecule has 1 unspecified atom stereocenters. The summed E-state index contributed by atoms with van der Waals surface area (Å²) >= 11 is 0. The Labute approximate surface area is 256 Å². The fourth-order valence-corrected chi connectivity index (χ4v) is 6.24. The summed E-state index contributed by atoms with van der Waals surface area (Å²) in [6.45, 7) is 5.54. The van der Waals surface area contributed by atoms with Gasteiger partial charge in [0, 0.05) is 43.5 Å². The molecular weight excluding hydrogens is 580 g/mol. The lowest BCUT2D eigenvalue weighted by atomic mass is 9.95. The molecular formula is C32H44F4N4O4. The van der Waals surface area contributed by atoms with E-state index < -0.39 is 30.8 Å². The van der Waals surface area contributed by atoms with Crippen molar-refractivity contribution in [2.45, 2.75) is 83.2 Å². The third-order valence-electron chi connectivity index (χ3n) is 8.54. The first-order chi connectivity index (χ1) is 21.0. The van der Waals surface area contributed by atoms with Gasteiger partial charge in [0.05, 0.1) is 13.7 Å². The van der Waals surface area contributed by atoms with Gasteiger partial charge in [-0.1, -0.05) is 26.3 Å². The monoisotopic (exact) mass is 624 g/mol. The van der Waals surface area contributed by atoms with Crippen molar-refractivity contribution in [1.29, 1.82) is 0 Å². The van der Waals surface area contributed by atoms with Crippen LogP contribution in [-0.2, 0) is 22.4 Å². The van der Waals surface area contributed by atoms with Crippen molar-refractivity contribution in [2.24, 2.45) is 0 Å². The molecule has 244 valence electrons. The number of aliphatic carboxylic acids is 1. The summed E-state index contributed by atoms with van der Waals surface area (Å²) in [5.74, 6) is -0.930.